The van der Waals surface area contributed by atoms with Gasteiger partial charge >= 0.3 is 5.69 Å². The molecule has 20 heavy (non-hydrogen) atoms. The van der Waals surface area contributed by atoms with E-state index < -0.39 is 11.2 Å². The second kappa shape index (κ2) is 4.92. The van der Waals surface area contributed by atoms with E-state index in [1.54, 1.807) is 19.9 Å². The second-order valence-electron chi connectivity index (χ2n) is 4.91. The first-order chi connectivity index (χ1) is 9.34. The molecule has 106 valence electrons. The number of amides is 1. The Bertz CT molecular complexity index is 802. The van der Waals surface area contributed by atoms with E-state index in [1.807, 2.05) is 0 Å². The van der Waals surface area contributed by atoms with Crippen LogP contribution in [0.2, 0.25) is 0 Å². The van der Waals surface area contributed by atoms with E-state index in [0.29, 0.717) is 5.69 Å². The molecule has 1 amide bonds. The highest BCUT2D eigenvalue weighted by Crippen LogP contribution is 2.17. The zero-order chi connectivity index (χ0) is 15.0. The third-order valence-electron chi connectivity index (χ3n) is 3.12. The third-order valence-corrected chi connectivity index (χ3v) is 3.12. The summed E-state index contributed by atoms with van der Waals surface area (Å²) in [6.07, 6.45) is 1.46. The molecule has 0 bridgehead atoms. The number of pyridine rings is 1. The molecule has 0 fully saturated rings. The number of hydrogen-bond donors (Lipinski definition) is 1. The normalized spacial score (nSPS) is 11.1. The number of hydrogen-bond acceptors (Lipinski definition) is 4. The Morgan fingerprint density at radius 3 is 2.50 bits per heavy atom. The summed E-state index contributed by atoms with van der Waals surface area (Å²) < 4.78 is 2.27. The van der Waals surface area contributed by atoms with Crippen LogP contribution in [-0.4, -0.2) is 20.0 Å². The molecule has 2 rings (SSSR count). The van der Waals surface area contributed by atoms with E-state index >= 15 is 0 Å². The maximum Gasteiger partial charge on any atom is 0.332 e. The van der Waals surface area contributed by atoms with Gasteiger partial charge in [-0.1, -0.05) is 13.8 Å². The fourth-order valence-electron chi connectivity index (χ4n) is 1.87. The van der Waals surface area contributed by atoms with Gasteiger partial charge in [-0.2, -0.15) is 0 Å². The van der Waals surface area contributed by atoms with Gasteiger partial charge in [-0.25, -0.2) is 9.78 Å². The minimum Gasteiger partial charge on any atom is -0.325 e. The molecule has 7 nitrogen and oxygen atoms in total. The van der Waals surface area contributed by atoms with Crippen LogP contribution in [0.3, 0.4) is 0 Å². The summed E-state index contributed by atoms with van der Waals surface area (Å²) in [4.78, 5) is 39.9. The lowest BCUT2D eigenvalue weighted by atomic mass is 10.2. The topological polar surface area (TPSA) is 86.0 Å². The Morgan fingerprint density at radius 1 is 1.25 bits per heavy atom. The number of nitrogens with zero attached hydrogens (tertiary/aromatic N) is 3. The van der Waals surface area contributed by atoms with Crippen LogP contribution in [0.15, 0.2) is 21.9 Å². The molecule has 0 aliphatic rings. The molecule has 0 spiro atoms. The molecule has 0 aliphatic heterocycles. The van der Waals surface area contributed by atoms with Crippen LogP contribution in [0.1, 0.15) is 13.8 Å². The van der Waals surface area contributed by atoms with Gasteiger partial charge in [-0.05, 0) is 6.07 Å². The van der Waals surface area contributed by atoms with Gasteiger partial charge in [0, 0.05) is 26.2 Å². The lowest BCUT2D eigenvalue weighted by molar-refractivity contribution is -0.118. The first kappa shape index (κ1) is 14.0. The van der Waals surface area contributed by atoms with E-state index in [0.717, 1.165) is 4.57 Å². The van der Waals surface area contributed by atoms with Crippen molar-refractivity contribution in [1.29, 1.82) is 0 Å². The lowest BCUT2D eigenvalue weighted by Gasteiger charge is -2.12. The lowest BCUT2D eigenvalue weighted by Crippen LogP contribution is -2.37. The fourth-order valence-corrected chi connectivity index (χ4v) is 1.87. The number of aryl methyl sites for hydroxylation is 1. The highest BCUT2D eigenvalue weighted by atomic mass is 16.2. The van der Waals surface area contributed by atoms with E-state index in [1.165, 1.54) is 24.9 Å². The molecule has 0 saturated carbocycles. The number of aromatic nitrogens is 3. The van der Waals surface area contributed by atoms with Crippen LogP contribution in [-0.2, 0) is 18.9 Å². The molecular formula is C13H16N4O3. The number of fused-ring (bicyclic) bond motifs is 1. The van der Waals surface area contributed by atoms with Crippen LogP contribution < -0.4 is 16.6 Å². The Balaban J connectivity index is 2.79. The van der Waals surface area contributed by atoms with Crippen LogP contribution in [0.5, 0.6) is 0 Å². The van der Waals surface area contributed by atoms with Crippen LogP contribution in [0.25, 0.3) is 11.0 Å². The van der Waals surface area contributed by atoms with Crippen molar-refractivity contribution in [3.05, 3.63) is 33.1 Å². The van der Waals surface area contributed by atoms with Crippen molar-refractivity contribution in [3.63, 3.8) is 0 Å². The molecule has 1 N–H and O–H groups in total. The van der Waals surface area contributed by atoms with E-state index in [2.05, 4.69) is 10.3 Å². The summed E-state index contributed by atoms with van der Waals surface area (Å²) in [7, 11) is 2.93. The van der Waals surface area contributed by atoms with Gasteiger partial charge in [0.2, 0.25) is 5.91 Å². The van der Waals surface area contributed by atoms with Gasteiger partial charge < -0.3 is 5.32 Å². The van der Waals surface area contributed by atoms with Crippen molar-refractivity contribution in [2.75, 3.05) is 5.32 Å². The predicted molar refractivity (Wildman–Crippen MR) is 75.7 cm³/mol. The van der Waals surface area contributed by atoms with Gasteiger partial charge in [0.05, 0.1) is 5.69 Å². The molecule has 0 unspecified atom stereocenters. The van der Waals surface area contributed by atoms with Crippen LogP contribution in [0, 0.1) is 5.92 Å². The predicted octanol–water partition coefficient (Wildman–Crippen LogP) is 0.227. The van der Waals surface area contributed by atoms with E-state index in [-0.39, 0.29) is 22.9 Å². The number of rotatable bonds is 2. The van der Waals surface area contributed by atoms with Crippen molar-refractivity contribution >= 4 is 22.6 Å². The Labute approximate surface area is 114 Å². The quantitative estimate of drug-likeness (QED) is 0.850. The molecule has 0 aliphatic carbocycles. The first-order valence-electron chi connectivity index (χ1n) is 6.20. The van der Waals surface area contributed by atoms with Crippen LogP contribution in [0.4, 0.5) is 5.69 Å². The molecular weight excluding hydrogens is 260 g/mol. The largest absolute Gasteiger partial charge is 0.332 e. The molecule has 2 heterocycles. The Hall–Kier alpha value is -2.44. The number of anilines is 1. The number of nitrogens with one attached hydrogen (secondary N) is 1. The monoisotopic (exact) mass is 276 g/mol. The molecule has 2 aromatic rings. The van der Waals surface area contributed by atoms with Crippen molar-refractivity contribution in [2.45, 2.75) is 13.8 Å². The van der Waals surface area contributed by atoms with Crippen molar-refractivity contribution < 1.29 is 4.79 Å². The van der Waals surface area contributed by atoms with Gasteiger partial charge in [-0.15, -0.1) is 0 Å². The van der Waals surface area contributed by atoms with Crippen molar-refractivity contribution in [2.24, 2.45) is 20.0 Å². The fraction of sp³-hybridized carbons (Fsp3) is 0.385. The number of carbonyl (C=O) groups is 1. The summed E-state index contributed by atoms with van der Waals surface area (Å²) in [5, 5.41) is 2.92. The average Bonchev–Trinajstić information content (AvgIpc) is 2.42. The summed E-state index contributed by atoms with van der Waals surface area (Å²) in [5.74, 6) is -0.414. The first-order valence-corrected chi connectivity index (χ1v) is 6.20. The number of carbonyl (C=O) groups excluding carboxylic acids is 1. The molecule has 7 heteroatoms. The van der Waals surface area contributed by atoms with Gasteiger partial charge in [0.25, 0.3) is 5.56 Å². The standard InChI is InChI=1S/C13H16N4O3/c1-7(2)11(18)15-8-5-6-14-10-9(8)12(19)17(4)13(20)16(10)3/h5-7H,1-4H3,(H,14,15,18). The summed E-state index contributed by atoms with van der Waals surface area (Å²) in [6, 6.07) is 1.55. The van der Waals surface area contributed by atoms with Crippen molar-refractivity contribution in [1.82, 2.24) is 14.1 Å². The molecule has 2 aromatic heterocycles. The molecule has 0 atom stereocenters. The highest BCUT2D eigenvalue weighted by Gasteiger charge is 2.15. The second-order valence-corrected chi connectivity index (χ2v) is 4.91. The zero-order valence-corrected chi connectivity index (χ0v) is 11.8. The maximum atomic E-state index is 12.2. The van der Waals surface area contributed by atoms with Gasteiger partial charge in [-0.3, -0.25) is 18.7 Å². The van der Waals surface area contributed by atoms with Gasteiger partial charge in [0.1, 0.15) is 5.39 Å². The van der Waals surface area contributed by atoms with E-state index in [9.17, 15) is 14.4 Å². The van der Waals surface area contributed by atoms with Crippen LogP contribution >= 0.6 is 0 Å². The maximum absolute atomic E-state index is 12.2. The highest BCUT2D eigenvalue weighted by molar-refractivity contribution is 6.00. The minimum atomic E-state index is -0.477. The molecule has 0 aromatic carbocycles. The summed E-state index contributed by atoms with van der Waals surface area (Å²) >= 11 is 0. The smallest absolute Gasteiger partial charge is 0.325 e. The van der Waals surface area contributed by atoms with E-state index in [4.69, 9.17) is 0 Å². The summed E-state index contributed by atoms with van der Waals surface area (Å²) in [5.41, 5.74) is -0.317. The molecule has 0 radical (unpaired) electrons. The van der Waals surface area contributed by atoms with Gasteiger partial charge in [0.15, 0.2) is 5.65 Å². The third kappa shape index (κ3) is 2.11. The SMILES string of the molecule is CC(C)C(=O)Nc1ccnc2c1c(=O)n(C)c(=O)n2C. The molecule has 0 saturated heterocycles. The zero-order valence-electron chi connectivity index (χ0n) is 11.8. The summed E-state index contributed by atoms with van der Waals surface area (Å²) in [6.45, 7) is 3.51. The Morgan fingerprint density at radius 2 is 1.90 bits per heavy atom. The average molecular weight is 276 g/mol. The Kier molecular flexibility index (Phi) is 3.44. The minimum absolute atomic E-state index is 0.201. The van der Waals surface area contributed by atoms with Crippen molar-refractivity contribution in [3.8, 4) is 0 Å².